The van der Waals surface area contributed by atoms with Crippen molar-refractivity contribution in [2.24, 2.45) is 0 Å². The van der Waals surface area contributed by atoms with E-state index in [1.165, 1.54) is 14.2 Å². The van der Waals surface area contributed by atoms with Crippen LogP contribution in [0.15, 0.2) is 24.3 Å². The van der Waals surface area contributed by atoms with Crippen molar-refractivity contribution < 1.29 is 28.5 Å². The lowest BCUT2D eigenvalue weighted by Gasteiger charge is -2.38. The molecule has 7 heteroatoms. The first-order valence-electron chi connectivity index (χ1n) is 8.63. The Balaban J connectivity index is 2.31. The number of ether oxygens (including phenoxy) is 4. The molecule has 1 heterocycles. The maximum Gasteiger partial charge on any atom is 0.398 e. The summed E-state index contributed by atoms with van der Waals surface area (Å²) >= 11 is 0. The molecule has 1 aliphatic heterocycles. The third-order valence-corrected chi connectivity index (χ3v) is 3.99. The molecule has 1 saturated heterocycles. The zero-order valence-corrected chi connectivity index (χ0v) is 16.0. The van der Waals surface area contributed by atoms with Crippen LogP contribution in [0, 0.1) is 0 Å². The van der Waals surface area contributed by atoms with Crippen LogP contribution in [-0.2, 0) is 19.0 Å². The summed E-state index contributed by atoms with van der Waals surface area (Å²) in [5.74, 6) is -2.33. The van der Waals surface area contributed by atoms with Crippen LogP contribution in [-0.4, -0.2) is 55.7 Å². The van der Waals surface area contributed by atoms with Crippen LogP contribution in [0.1, 0.15) is 44.0 Å². The predicted octanol–water partition coefficient (Wildman–Crippen LogP) is 2.59. The summed E-state index contributed by atoms with van der Waals surface area (Å²) in [6.45, 7) is 6.70. The van der Waals surface area contributed by atoms with E-state index in [1.54, 1.807) is 45.0 Å². The van der Waals surface area contributed by atoms with Crippen LogP contribution >= 0.6 is 0 Å². The largest absolute Gasteiger partial charge is 0.465 e. The lowest BCUT2D eigenvalue weighted by Crippen LogP contribution is -2.61. The summed E-state index contributed by atoms with van der Waals surface area (Å²) in [6, 6.07) is 6.34. The molecule has 0 spiro atoms. The summed E-state index contributed by atoms with van der Waals surface area (Å²) in [5.41, 5.74) is -0.292. The number of esters is 2. The summed E-state index contributed by atoms with van der Waals surface area (Å²) in [6.07, 6.45) is 1.89. The van der Waals surface area contributed by atoms with E-state index in [2.05, 4.69) is 4.74 Å². The third-order valence-electron chi connectivity index (χ3n) is 3.99. The standard InChI is InChI=1S/C19H27NO6/c1-18(2,3)26-17(22)19(24-5,20-12-6-7-13-20)25-15-10-8-14(9-11-15)16(21)23-4/h8-11H,6-7,12-13H2,1-5H3. The van der Waals surface area contributed by atoms with Crippen molar-refractivity contribution in [1.29, 1.82) is 0 Å². The molecule has 26 heavy (non-hydrogen) atoms. The molecule has 1 aromatic rings. The molecule has 144 valence electrons. The van der Waals surface area contributed by atoms with Crippen molar-refractivity contribution in [1.82, 2.24) is 4.90 Å². The van der Waals surface area contributed by atoms with Gasteiger partial charge in [-0.3, -0.25) is 0 Å². The molecule has 1 fully saturated rings. The molecule has 0 N–H and O–H groups in total. The third kappa shape index (κ3) is 4.53. The van der Waals surface area contributed by atoms with Crippen LogP contribution in [0.2, 0.25) is 0 Å². The molecule has 0 amide bonds. The van der Waals surface area contributed by atoms with Gasteiger partial charge in [0.05, 0.1) is 12.7 Å². The first-order valence-corrected chi connectivity index (χ1v) is 8.63. The lowest BCUT2D eigenvalue weighted by molar-refractivity contribution is -0.268. The van der Waals surface area contributed by atoms with E-state index < -0.39 is 23.5 Å². The molecule has 0 radical (unpaired) electrons. The van der Waals surface area contributed by atoms with Crippen LogP contribution in [0.25, 0.3) is 0 Å². The summed E-state index contributed by atoms with van der Waals surface area (Å²) in [7, 11) is 2.74. The Hall–Kier alpha value is -2.12. The summed E-state index contributed by atoms with van der Waals surface area (Å²) in [4.78, 5) is 26.3. The van der Waals surface area contributed by atoms with E-state index >= 15 is 0 Å². The SMILES string of the molecule is COC(=O)c1ccc(OC(OC)(C(=O)OC(C)(C)C)N2CCCC2)cc1. The molecule has 1 unspecified atom stereocenters. The van der Waals surface area contributed by atoms with E-state index in [1.807, 2.05) is 4.90 Å². The quantitative estimate of drug-likeness (QED) is 0.566. The van der Waals surface area contributed by atoms with Gasteiger partial charge < -0.3 is 18.9 Å². The van der Waals surface area contributed by atoms with Gasteiger partial charge in [-0.2, -0.15) is 0 Å². The molecule has 1 aromatic carbocycles. The summed E-state index contributed by atoms with van der Waals surface area (Å²) in [5, 5.41) is 0. The minimum absolute atomic E-state index is 0.386. The smallest absolute Gasteiger partial charge is 0.398 e. The molecule has 1 aliphatic rings. The van der Waals surface area contributed by atoms with Gasteiger partial charge in [0.15, 0.2) is 0 Å². The minimum atomic E-state index is -1.67. The fourth-order valence-corrected chi connectivity index (χ4v) is 2.78. The molecule has 0 bridgehead atoms. The number of nitrogens with zero attached hydrogens (tertiary/aromatic N) is 1. The zero-order valence-electron chi connectivity index (χ0n) is 16.0. The Bertz CT molecular complexity index is 630. The van der Waals surface area contributed by atoms with E-state index in [-0.39, 0.29) is 0 Å². The highest BCUT2D eigenvalue weighted by atomic mass is 16.7. The van der Waals surface area contributed by atoms with Crippen molar-refractivity contribution in [2.45, 2.75) is 45.1 Å². The van der Waals surface area contributed by atoms with Gasteiger partial charge in [-0.25, -0.2) is 14.5 Å². The van der Waals surface area contributed by atoms with E-state index in [4.69, 9.17) is 14.2 Å². The number of carbonyl (C=O) groups excluding carboxylic acids is 2. The van der Waals surface area contributed by atoms with E-state index in [0.717, 1.165) is 12.8 Å². The van der Waals surface area contributed by atoms with Crippen LogP contribution in [0.5, 0.6) is 5.75 Å². The van der Waals surface area contributed by atoms with Crippen LogP contribution in [0.4, 0.5) is 0 Å². The monoisotopic (exact) mass is 365 g/mol. The molecule has 7 nitrogen and oxygen atoms in total. The highest BCUT2D eigenvalue weighted by Crippen LogP contribution is 2.30. The molecule has 0 aliphatic carbocycles. The number of methoxy groups -OCH3 is 2. The van der Waals surface area contributed by atoms with E-state index in [9.17, 15) is 9.59 Å². The molecule has 2 rings (SSSR count). The number of carbonyl (C=O) groups is 2. The first-order chi connectivity index (χ1) is 12.2. The van der Waals surface area contributed by atoms with Gasteiger partial charge in [0, 0.05) is 20.2 Å². The zero-order chi connectivity index (χ0) is 19.4. The second-order valence-electron chi connectivity index (χ2n) is 7.10. The Morgan fingerprint density at radius 1 is 1.00 bits per heavy atom. The Labute approximate surface area is 154 Å². The van der Waals surface area contributed by atoms with Crippen LogP contribution < -0.4 is 4.74 Å². The molecule has 0 saturated carbocycles. The summed E-state index contributed by atoms with van der Waals surface area (Å²) < 4.78 is 21.8. The van der Waals surface area contributed by atoms with Gasteiger partial charge in [0.25, 0.3) is 0 Å². The van der Waals surface area contributed by atoms with Gasteiger partial charge in [0.1, 0.15) is 11.4 Å². The second-order valence-corrected chi connectivity index (χ2v) is 7.10. The normalized spacial score (nSPS) is 17.4. The minimum Gasteiger partial charge on any atom is -0.465 e. The van der Waals surface area contributed by atoms with Gasteiger partial charge in [0.2, 0.25) is 0 Å². The fourth-order valence-electron chi connectivity index (χ4n) is 2.78. The van der Waals surface area contributed by atoms with E-state index in [0.29, 0.717) is 24.4 Å². The number of likely N-dealkylation sites (tertiary alicyclic amines) is 1. The molecule has 0 aromatic heterocycles. The van der Waals surface area contributed by atoms with Crippen molar-refractivity contribution in [3.63, 3.8) is 0 Å². The van der Waals surface area contributed by atoms with Gasteiger partial charge >= 0.3 is 17.8 Å². The fraction of sp³-hybridized carbons (Fsp3) is 0.579. The highest BCUT2D eigenvalue weighted by molar-refractivity contribution is 5.89. The van der Waals surface area contributed by atoms with Crippen molar-refractivity contribution >= 4 is 11.9 Å². The van der Waals surface area contributed by atoms with Crippen molar-refractivity contribution in [3.05, 3.63) is 29.8 Å². The average Bonchev–Trinajstić information content (AvgIpc) is 3.13. The van der Waals surface area contributed by atoms with Gasteiger partial charge in [-0.05, 0) is 57.9 Å². The Morgan fingerprint density at radius 2 is 1.58 bits per heavy atom. The number of benzene rings is 1. The lowest BCUT2D eigenvalue weighted by atomic mass is 10.2. The number of rotatable bonds is 6. The van der Waals surface area contributed by atoms with Crippen molar-refractivity contribution in [2.75, 3.05) is 27.3 Å². The molecule has 1 atom stereocenters. The molecular weight excluding hydrogens is 338 g/mol. The predicted molar refractivity (Wildman–Crippen MR) is 94.8 cm³/mol. The van der Waals surface area contributed by atoms with Crippen LogP contribution in [0.3, 0.4) is 0 Å². The van der Waals surface area contributed by atoms with Crippen molar-refractivity contribution in [3.8, 4) is 5.75 Å². The maximum atomic E-state index is 12.9. The average molecular weight is 365 g/mol. The maximum absolute atomic E-state index is 12.9. The Kier molecular flexibility index (Phi) is 6.26. The molecular formula is C19H27NO6. The Morgan fingerprint density at radius 3 is 2.04 bits per heavy atom. The van der Waals surface area contributed by atoms with Gasteiger partial charge in [-0.1, -0.05) is 0 Å². The topological polar surface area (TPSA) is 74.3 Å². The first kappa shape index (κ1) is 20.2. The number of hydrogen-bond donors (Lipinski definition) is 0. The second kappa shape index (κ2) is 8.05. The number of hydrogen-bond acceptors (Lipinski definition) is 7. The highest BCUT2D eigenvalue weighted by Gasteiger charge is 2.51. The van der Waals surface area contributed by atoms with Gasteiger partial charge in [-0.15, -0.1) is 0 Å².